The Labute approximate surface area is 109 Å². The van der Waals surface area contributed by atoms with E-state index in [4.69, 9.17) is 5.26 Å². The van der Waals surface area contributed by atoms with Gasteiger partial charge in [0.05, 0.1) is 11.6 Å². The Bertz CT molecular complexity index is 461. The molecule has 1 saturated heterocycles. The van der Waals surface area contributed by atoms with Gasteiger partial charge in [0.1, 0.15) is 0 Å². The van der Waals surface area contributed by atoms with Crippen LogP contribution in [0.2, 0.25) is 0 Å². The largest absolute Gasteiger partial charge is 0.382 e. The predicted molar refractivity (Wildman–Crippen MR) is 74.6 cm³/mol. The number of hydrogen-bond acceptors (Lipinski definition) is 3. The molecule has 0 aliphatic carbocycles. The Morgan fingerprint density at radius 1 is 1.44 bits per heavy atom. The Morgan fingerprint density at radius 2 is 2.22 bits per heavy atom. The lowest BCUT2D eigenvalue weighted by Gasteiger charge is -2.36. The molecule has 1 aliphatic heterocycles. The van der Waals surface area contributed by atoms with Crippen LogP contribution in [0.3, 0.4) is 0 Å². The number of anilines is 1. The minimum Gasteiger partial charge on any atom is -0.382 e. The van der Waals surface area contributed by atoms with E-state index in [-0.39, 0.29) is 0 Å². The summed E-state index contributed by atoms with van der Waals surface area (Å²) in [5.74, 6) is 0. The van der Waals surface area contributed by atoms with Crippen molar-refractivity contribution in [2.45, 2.75) is 38.8 Å². The van der Waals surface area contributed by atoms with E-state index in [9.17, 15) is 0 Å². The van der Waals surface area contributed by atoms with Gasteiger partial charge >= 0.3 is 0 Å². The van der Waals surface area contributed by atoms with E-state index in [1.807, 2.05) is 18.2 Å². The van der Waals surface area contributed by atoms with Gasteiger partial charge in [-0.3, -0.25) is 0 Å². The lowest BCUT2D eigenvalue weighted by Crippen LogP contribution is -2.42. The predicted octanol–water partition coefficient (Wildman–Crippen LogP) is 2.76. The number of nitrogens with zero attached hydrogens (tertiary/aromatic N) is 2. The first kappa shape index (κ1) is 12.9. The monoisotopic (exact) mass is 243 g/mol. The summed E-state index contributed by atoms with van der Waals surface area (Å²) in [6.07, 6.45) is 2.32. The quantitative estimate of drug-likeness (QED) is 0.868. The van der Waals surface area contributed by atoms with Crippen molar-refractivity contribution in [2.24, 2.45) is 0 Å². The summed E-state index contributed by atoms with van der Waals surface area (Å²) in [4.78, 5) is 2.40. The van der Waals surface area contributed by atoms with Crippen LogP contribution in [0.25, 0.3) is 0 Å². The normalized spacial score (nSPS) is 24.6. The fourth-order valence-electron chi connectivity index (χ4n) is 2.49. The van der Waals surface area contributed by atoms with Gasteiger partial charge < -0.3 is 10.2 Å². The zero-order valence-electron chi connectivity index (χ0n) is 11.4. The van der Waals surface area contributed by atoms with Gasteiger partial charge in [-0.15, -0.1) is 0 Å². The van der Waals surface area contributed by atoms with Gasteiger partial charge in [-0.1, -0.05) is 6.07 Å². The van der Waals surface area contributed by atoms with Crippen molar-refractivity contribution in [3.05, 3.63) is 29.3 Å². The smallest absolute Gasteiger partial charge is 0.0992 e. The highest BCUT2D eigenvalue weighted by Crippen LogP contribution is 2.23. The van der Waals surface area contributed by atoms with Crippen LogP contribution in [0, 0.1) is 18.3 Å². The number of benzene rings is 1. The second-order valence-electron chi connectivity index (χ2n) is 5.34. The fraction of sp³-hybridized carbons (Fsp3) is 0.533. The lowest BCUT2D eigenvalue weighted by molar-refractivity contribution is 0.190. The summed E-state index contributed by atoms with van der Waals surface area (Å²) in [6, 6.07) is 9.18. The third-order valence-corrected chi connectivity index (χ3v) is 3.93. The molecule has 0 bridgehead atoms. The van der Waals surface area contributed by atoms with E-state index in [0.717, 1.165) is 30.6 Å². The van der Waals surface area contributed by atoms with Crippen LogP contribution in [0.1, 0.15) is 30.9 Å². The zero-order valence-corrected chi connectivity index (χ0v) is 11.4. The van der Waals surface area contributed by atoms with Gasteiger partial charge in [0, 0.05) is 24.3 Å². The molecule has 2 unspecified atom stereocenters. The number of piperidine rings is 1. The zero-order chi connectivity index (χ0) is 13.1. The van der Waals surface area contributed by atoms with Crippen molar-refractivity contribution >= 4 is 5.69 Å². The van der Waals surface area contributed by atoms with Crippen LogP contribution < -0.4 is 5.32 Å². The maximum absolute atomic E-state index is 8.95. The molecular weight excluding hydrogens is 222 g/mol. The SMILES string of the molecule is Cc1ccc(C#N)cc1NC1CCN(C)C(C)C1. The topological polar surface area (TPSA) is 39.1 Å². The summed E-state index contributed by atoms with van der Waals surface area (Å²) < 4.78 is 0. The molecule has 0 spiro atoms. The summed E-state index contributed by atoms with van der Waals surface area (Å²) in [5, 5.41) is 12.5. The molecule has 3 heteroatoms. The van der Waals surface area contributed by atoms with Crippen LogP contribution in [-0.2, 0) is 0 Å². The highest BCUT2D eigenvalue weighted by atomic mass is 15.1. The molecule has 1 N–H and O–H groups in total. The highest BCUT2D eigenvalue weighted by Gasteiger charge is 2.22. The van der Waals surface area contributed by atoms with Gasteiger partial charge in [0.25, 0.3) is 0 Å². The molecule has 1 aliphatic rings. The third-order valence-electron chi connectivity index (χ3n) is 3.93. The summed E-state index contributed by atoms with van der Waals surface area (Å²) in [7, 11) is 2.18. The van der Waals surface area contributed by atoms with Crippen LogP contribution in [0.4, 0.5) is 5.69 Å². The first-order chi connectivity index (χ1) is 8.60. The molecule has 1 aromatic carbocycles. The molecule has 18 heavy (non-hydrogen) atoms. The van der Waals surface area contributed by atoms with Crippen molar-refractivity contribution in [1.82, 2.24) is 4.90 Å². The van der Waals surface area contributed by atoms with Crippen molar-refractivity contribution < 1.29 is 0 Å². The van der Waals surface area contributed by atoms with Crippen LogP contribution in [0.5, 0.6) is 0 Å². The second-order valence-corrected chi connectivity index (χ2v) is 5.34. The second kappa shape index (κ2) is 5.41. The van der Waals surface area contributed by atoms with Crippen molar-refractivity contribution in [3.8, 4) is 6.07 Å². The number of hydrogen-bond donors (Lipinski definition) is 1. The number of nitrogens with one attached hydrogen (secondary N) is 1. The molecule has 0 saturated carbocycles. The molecule has 0 amide bonds. The Kier molecular flexibility index (Phi) is 3.88. The van der Waals surface area contributed by atoms with Gasteiger partial charge in [-0.25, -0.2) is 0 Å². The van der Waals surface area contributed by atoms with E-state index in [2.05, 4.69) is 37.2 Å². The van der Waals surface area contributed by atoms with Gasteiger partial charge in [-0.05, 0) is 51.4 Å². The van der Waals surface area contributed by atoms with Crippen LogP contribution in [-0.4, -0.2) is 30.6 Å². The lowest BCUT2D eigenvalue weighted by atomic mass is 9.98. The molecule has 2 rings (SSSR count). The van der Waals surface area contributed by atoms with Crippen molar-refractivity contribution in [3.63, 3.8) is 0 Å². The first-order valence-electron chi connectivity index (χ1n) is 6.57. The maximum Gasteiger partial charge on any atom is 0.0992 e. The molecule has 3 nitrogen and oxygen atoms in total. The highest BCUT2D eigenvalue weighted by molar-refractivity contribution is 5.55. The van der Waals surface area contributed by atoms with E-state index >= 15 is 0 Å². The minimum absolute atomic E-state index is 0.517. The standard InChI is InChI=1S/C15H21N3/c1-11-4-5-13(10-16)9-15(11)17-14-6-7-18(3)12(2)8-14/h4-5,9,12,14,17H,6-8H2,1-3H3. The summed E-state index contributed by atoms with van der Waals surface area (Å²) in [5.41, 5.74) is 3.04. The molecule has 1 fully saturated rings. The van der Waals surface area contributed by atoms with Gasteiger partial charge in [0.15, 0.2) is 0 Å². The Hall–Kier alpha value is -1.53. The van der Waals surface area contributed by atoms with E-state index in [0.29, 0.717) is 12.1 Å². The van der Waals surface area contributed by atoms with Crippen molar-refractivity contribution in [2.75, 3.05) is 18.9 Å². The van der Waals surface area contributed by atoms with Gasteiger partial charge in [-0.2, -0.15) is 5.26 Å². The van der Waals surface area contributed by atoms with E-state index in [1.165, 1.54) is 5.56 Å². The molecule has 0 aromatic heterocycles. The maximum atomic E-state index is 8.95. The van der Waals surface area contributed by atoms with Crippen LogP contribution >= 0.6 is 0 Å². The first-order valence-corrected chi connectivity index (χ1v) is 6.57. The number of aryl methyl sites for hydroxylation is 1. The van der Waals surface area contributed by atoms with Crippen molar-refractivity contribution in [1.29, 1.82) is 5.26 Å². The fourth-order valence-corrected chi connectivity index (χ4v) is 2.49. The average molecular weight is 243 g/mol. The third kappa shape index (κ3) is 2.83. The molecule has 1 heterocycles. The number of nitriles is 1. The minimum atomic E-state index is 0.517. The van der Waals surface area contributed by atoms with E-state index < -0.39 is 0 Å². The molecule has 1 aromatic rings. The molecule has 0 radical (unpaired) electrons. The molecular formula is C15H21N3. The number of likely N-dealkylation sites (tertiary alicyclic amines) is 1. The average Bonchev–Trinajstić information content (AvgIpc) is 2.36. The summed E-state index contributed by atoms with van der Waals surface area (Å²) >= 11 is 0. The number of rotatable bonds is 2. The Balaban J connectivity index is 2.08. The molecule has 2 atom stereocenters. The van der Waals surface area contributed by atoms with Crippen LogP contribution in [0.15, 0.2) is 18.2 Å². The summed E-state index contributed by atoms with van der Waals surface area (Å²) in [6.45, 7) is 5.49. The Morgan fingerprint density at radius 3 is 2.89 bits per heavy atom. The van der Waals surface area contributed by atoms with E-state index in [1.54, 1.807) is 0 Å². The molecule has 96 valence electrons. The van der Waals surface area contributed by atoms with Gasteiger partial charge in [0.2, 0.25) is 0 Å².